The highest BCUT2D eigenvalue weighted by atomic mass is 32.2. The predicted molar refractivity (Wildman–Crippen MR) is 45.0 cm³/mol. The molecular formula is C6H9O2S2. The zero-order valence-corrected chi connectivity index (χ0v) is 7.17. The van der Waals surface area contributed by atoms with E-state index in [2.05, 4.69) is 4.74 Å². The van der Waals surface area contributed by atoms with Crippen molar-refractivity contribution >= 4 is 30.0 Å². The molecule has 0 aromatic carbocycles. The van der Waals surface area contributed by atoms with E-state index in [4.69, 9.17) is 0 Å². The van der Waals surface area contributed by atoms with Crippen LogP contribution in [0.15, 0.2) is 0 Å². The van der Waals surface area contributed by atoms with Gasteiger partial charge < -0.3 is 4.74 Å². The summed E-state index contributed by atoms with van der Waals surface area (Å²) < 4.78 is 4.98. The predicted octanol–water partition coefficient (Wildman–Crippen LogP) is 1.27. The van der Waals surface area contributed by atoms with Crippen molar-refractivity contribution in [1.29, 1.82) is 0 Å². The third-order valence-electron chi connectivity index (χ3n) is 1.17. The molecule has 2 nitrogen and oxygen atoms in total. The second-order valence-electron chi connectivity index (χ2n) is 1.92. The van der Waals surface area contributed by atoms with Crippen LogP contribution in [0, 0.1) is 0 Å². The van der Waals surface area contributed by atoms with Crippen LogP contribution in [0.3, 0.4) is 0 Å². The minimum absolute atomic E-state index is 0.454. The van der Waals surface area contributed by atoms with Gasteiger partial charge in [-0.2, -0.15) is 0 Å². The zero-order valence-electron chi connectivity index (χ0n) is 5.54. The first-order valence-corrected chi connectivity index (χ1v) is 5.25. The highest BCUT2D eigenvalue weighted by Gasteiger charge is 2.14. The fourth-order valence-corrected chi connectivity index (χ4v) is 3.36. The Bertz CT molecular complexity index is 102. The molecule has 10 heavy (non-hydrogen) atoms. The van der Waals surface area contributed by atoms with Crippen molar-refractivity contribution in [2.24, 2.45) is 0 Å². The number of thioether (sulfide) groups is 2. The van der Waals surface area contributed by atoms with Gasteiger partial charge in [0.25, 0.3) is 0 Å². The number of hydrogen-bond donors (Lipinski definition) is 0. The summed E-state index contributed by atoms with van der Waals surface area (Å²) in [6, 6.07) is 0. The molecule has 0 unspecified atom stereocenters. The second kappa shape index (κ2) is 4.91. The van der Waals surface area contributed by atoms with Crippen LogP contribution in [-0.4, -0.2) is 29.2 Å². The van der Waals surface area contributed by atoms with Gasteiger partial charge >= 0.3 is 6.47 Å². The van der Waals surface area contributed by atoms with E-state index in [-0.39, 0.29) is 0 Å². The average molecular weight is 177 g/mol. The molecule has 0 atom stereocenters. The molecule has 1 saturated heterocycles. The topological polar surface area (TPSA) is 26.3 Å². The van der Waals surface area contributed by atoms with E-state index in [1.54, 1.807) is 0 Å². The van der Waals surface area contributed by atoms with Crippen molar-refractivity contribution in [3.8, 4) is 0 Å². The molecule has 0 aliphatic carbocycles. The molecule has 0 saturated carbocycles. The molecule has 1 radical (unpaired) electrons. The van der Waals surface area contributed by atoms with Crippen molar-refractivity contribution < 1.29 is 9.53 Å². The van der Waals surface area contributed by atoms with Crippen LogP contribution in [0.25, 0.3) is 0 Å². The van der Waals surface area contributed by atoms with E-state index in [0.29, 0.717) is 11.2 Å². The van der Waals surface area contributed by atoms with Crippen LogP contribution in [0.2, 0.25) is 0 Å². The lowest BCUT2D eigenvalue weighted by Gasteiger charge is -2.18. The Hall–Kier alpha value is 0.170. The second-order valence-corrected chi connectivity index (χ2v) is 4.84. The summed E-state index contributed by atoms with van der Waals surface area (Å²) in [6.45, 7) is 1.95. The first-order chi connectivity index (χ1) is 4.93. The maximum absolute atomic E-state index is 9.68. The van der Waals surface area contributed by atoms with Gasteiger partial charge in [0.15, 0.2) is 0 Å². The summed E-state index contributed by atoms with van der Waals surface area (Å²) in [4.78, 5) is 9.68. The Morgan fingerprint density at radius 2 is 2.20 bits per heavy atom. The van der Waals surface area contributed by atoms with Gasteiger partial charge in [0.05, 0.1) is 4.58 Å². The monoisotopic (exact) mass is 177 g/mol. The summed E-state index contributed by atoms with van der Waals surface area (Å²) in [5.41, 5.74) is 0. The van der Waals surface area contributed by atoms with E-state index in [0.717, 1.165) is 0 Å². The molecule has 0 amide bonds. The Morgan fingerprint density at radius 1 is 1.50 bits per heavy atom. The molecule has 0 spiro atoms. The maximum atomic E-state index is 9.68. The number of hydrogen-bond acceptors (Lipinski definition) is 4. The van der Waals surface area contributed by atoms with E-state index >= 15 is 0 Å². The lowest BCUT2D eigenvalue weighted by Crippen LogP contribution is -2.12. The van der Waals surface area contributed by atoms with E-state index < -0.39 is 0 Å². The Kier molecular flexibility index (Phi) is 4.06. The van der Waals surface area contributed by atoms with Crippen molar-refractivity contribution in [2.75, 3.05) is 18.1 Å². The molecule has 0 aromatic rings. The molecule has 1 rings (SSSR count). The van der Waals surface area contributed by atoms with Gasteiger partial charge in [0, 0.05) is 0 Å². The summed E-state index contributed by atoms with van der Waals surface area (Å²) in [5.74, 6) is 2.39. The smallest absolute Gasteiger partial charge is 0.417 e. The zero-order chi connectivity index (χ0) is 7.23. The molecule has 4 heteroatoms. The fourth-order valence-electron chi connectivity index (χ4n) is 0.735. The molecule has 1 aliphatic heterocycles. The minimum atomic E-state index is 0.454. The van der Waals surface area contributed by atoms with Crippen molar-refractivity contribution in [1.82, 2.24) is 0 Å². The SMILES string of the molecule is O=[C]OCC1SCCCS1. The average Bonchev–Trinajstić information content (AvgIpc) is 2.03. The highest BCUT2D eigenvalue weighted by Crippen LogP contribution is 2.30. The molecule has 0 N–H and O–H groups in total. The van der Waals surface area contributed by atoms with Crippen LogP contribution in [0.5, 0.6) is 0 Å². The van der Waals surface area contributed by atoms with E-state index in [1.807, 2.05) is 23.5 Å². The standard InChI is InChI=1S/C6H9O2S2/c7-5-8-4-6-9-2-1-3-10-6/h6H,1-4H2. The van der Waals surface area contributed by atoms with Crippen molar-refractivity contribution in [3.63, 3.8) is 0 Å². The molecule has 1 fully saturated rings. The quantitative estimate of drug-likeness (QED) is 0.648. The van der Waals surface area contributed by atoms with Crippen LogP contribution in [-0.2, 0) is 9.53 Å². The van der Waals surface area contributed by atoms with Crippen LogP contribution >= 0.6 is 23.5 Å². The van der Waals surface area contributed by atoms with Gasteiger partial charge in [-0.05, 0) is 17.9 Å². The largest absolute Gasteiger partial charge is 0.455 e. The van der Waals surface area contributed by atoms with E-state index in [1.165, 1.54) is 24.4 Å². The number of rotatable bonds is 3. The normalized spacial score (nSPS) is 20.4. The summed E-state index contributed by atoms with van der Waals surface area (Å²) >= 11 is 3.72. The third kappa shape index (κ3) is 2.84. The summed E-state index contributed by atoms with van der Waals surface area (Å²) in [6.07, 6.45) is 1.27. The van der Waals surface area contributed by atoms with Gasteiger partial charge in [0.1, 0.15) is 6.61 Å². The van der Waals surface area contributed by atoms with Crippen molar-refractivity contribution in [2.45, 2.75) is 11.0 Å². The molecular weight excluding hydrogens is 168 g/mol. The highest BCUT2D eigenvalue weighted by molar-refractivity contribution is 8.17. The first kappa shape index (κ1) is 8.27. The molecule has 57 valence electrons. The third-order valence-corrected chi connectivity index (χ3v) is 4.06. The van der Waals surface area contributed by atoms with Gasteiger partial charge in [-0.15, -0.1) is 23.5 Å². The molecule has 1 aliphatic rings. The number of ether oxygens (including phenoxy) is 1. The fraction of sp³-hybridized carbons (Fsp3) is 0.833. The Labute approximate surface area is 69.1 Å². The summed E-state index contributed by atoms with van der Waals surface area (Å²) in [7, 11) is 0. The Balaban J connectivity index is 2.07. The Morgan fingerprint density at radius 3 is 2.80 bits per heavy atom. The maximum Gasteiger partial charge on any atom is 0.417 e. The van der Waals surface area contributed by atoms with Crippen LogP contribution in [0.1, 0.15) is 6.42 Å². The van der Waals surface area contributed by atoms with Crippen molar-refractivity contribution in [3.05, 3.63) is 0 Å². The van der Waals surface area contributed by atoms with Gasteiger partial charge in [-0.3, -0.25) is 0 Å². The molecule has 0 aromatic heterocycles. The van der Waals surface area contributed by atoms with Crippen LogP contribution < -0.4 is 0 Å². The lowest BCUT2D eigenvalue weighted by molar-refractivity contribution is 0.294. The summed E-state index contributed by atoms with van der Waals surface area (Å²) in [5, 5.41) is 0. The minimum Gasteiger partial charge on any atom is -0.455 e. The lowest BCUT2D eigenvalue weighted by atomic mass is 10.6. The first-order valence-electron chi connectivity index (χ1n) is 3.15. The van der Waals surface area contributed by atoms with Gasteiger partial charge in [0.2, 0.25) is 0 Å². The van der Waals surface area contributed by atoms with E-state index in [9.17, 15) is 4.79 Å². The number of carbonyl (C=O) groups excluding carboxylic acids is 1. The van der Waals surface area contributed by atoms with Gasteiger partial charge in [-0.25, -0.2) is 4.79 Å². The van der Waals surface area contributed by atoms with Crippen LogP contribution in [0.4, 0.5) is 0 Å². The van der Waals surface area contributed by atoms with Gasteiger partial charge in [-0.1, -0.05) is 0 Å². The molecule has 0 bridgehead atoms. The molecule has 1 heterocycles.